The zero-order chi connectivity index (χ0) is 21.2. The lowest BCUT2D eigenvalue weighted by Gasteiger charge is -2.33. The second-order valence-corrected chi connectivity index (χ2v) is 7.98. The first-order valence-corrected chi connectivity index (χ1v) is 10.1. The Kier molecular flexibility index (Phi) is 3.60. The fourth-order valence-corrected chi connectivity index (χ4v) is 4.43. The van der Waals surface area contributed by atoms with Crippen LogP contribution in [0.3, 0.4) is 0 Å². The van der Waals surface area contributed by atoms with E-state index in [2.05, 4.69) is 0 Å². The van der Waals surface area contributed by atoms with E-state index in [1.807, 2.05) is 97.9 Å². The van der Waals surface area contributed by atoms with Crippen molar-refractivity contribution in [2.24, 2.45) is 0 Å². The van der Waals surface area contributed by atoms with Crippen LogP contribution in [0.2, 0.25) is 0 Å². The Morgan fingerprint density at radius 1 is 0.903 bits per heavy atom. The average molecular weight is 409 g/mol. The first kappa shape index (κ1) is 17.8. The lowest BCUT2D eigenvalue weighted by molar-refractivity contribution is 0.0243. The summed E-state index contributed by atoms with van der Waals surface area (Å²) in [6.07, 6.45) is 1.89. The van der Waals surface area contributed by atoms with Gasteiger partial charge in [0.2, 0.25) is 5.76 Å². The van der Waals surface area contributed by atoms with Crippen LogP contribution >= 0.6 is 0 Å². The Labute approximate surface area is 179 Å². The Balaban J connectivity index is 1.68. The Hall–Kier alpha value is -3.99. The summed E-state index contributed by atoms with van der Waals surface area (Å²) in [4.78, 5) is 15.0. The van der Waals surface area contributed by atoms with E-state index in [1.165, 1.54) is 0 Å². The number of carbonyl (C=O) groups is 1. The molecule has 1 aromatic heterocycles. The van der Waals surface area contributed by atoms with Gasteiger partial charge in [-0.05, 0) is 18.2 Å². The zero-order valence-corrected chi connectivity index (χ0v) is 17.1. The smallest absolute Gasteiger partial charge is 0.376 e. The quantitative estimate of drug-likeness (QED) is 0.418. The molecule has 5 nitrogen and oxygen atoms in total. The maximum absolute atomic E-state index is 12.9. The normalized spacial score (nSPS) is 18.9. The summed E-state index contributed by atoms with van der Waals surface area (Å²) in [7, 11) is 3.96. The van der Waals surface area contributed by atoms with Crippen molar-refractivity contribution < 1.29 is 18.7 Å². The fraction of sp³-hybridized carbons (Fsp3) is 0.115. The maximum Gasteiger partial charge on any atom is 0.376 e. The summed E-state index contributed by atoms with van der Waals surface area (Å²) >= 11 is 0. The van der Waals surface area contributed by atoms with Gasteiger partial charge in [0.05, 0.1) is 5.56 Å². The van der Waals surface area contributed by atoms with Gasteiger partial charge in [0.1, 0.15) is 17.1 Å². The molecule has 6 rings (SSSR count). The first-order valence-electron chi connectivity index (χ1n) is 10.1. The second-order valence-electron chi connectivity index (χ2n) is 7.98. The number of benzene rings is 3. The van der Waals surface area contributed by atoms with E-state index in [0.717, 1.165) is 27.8 Å². The molecule has 0 amide bonds. The lowest BCUT2D eigenvalue weighted by Crippen LogP contribution is -2.30. The molecule has 0 saturated carbocycles. The van der Waals surface area contributed by atoms with Crippen LogP contribution in [-0.2, 0) is 10.3 Å². The molecule has 5 heteroatoms. The fourth-order valence-electron chi connectivity index (χ4n) is 4.43. The molecular weight excluding hydrogens is 390 g/mol. The SMILES string of the molecule is CN(C)c1ccc2c(c1)OC(c1ccccc1)=CC21OC(=O)c2oc3ccccc3c21. The number of fused-ring (bicyclic) bond motifs is 6. The van der Waals surface area contributed by atoms with Gasteiger partial charge in [-0.25, -0.2) is 4.79 Å². The van der Waals surface area contributed by atoms with Crippen LogP contribution in [0, 0.1) is 0 Å². The minimum absolute atomic E-state index is 0.245. The molecule has 3 aromatic carbocycles. The number of esters is 1. The monoisotopic (exact) mass is 409 g/mol. The Bertz CT molecular complexity index is 1380. The van der Waals surface area contributed by atoms with E-state index >= 15 is 0 Å². The molecule has 0 saturated heterocycles. The van der Waals surface area contributed by atoms with Gasteiger partial charge in [-0.3, -0.25) is 0 Å². The van der Waals surface area contributed by atoms with Crippen molar-refractivity contribution in [2.45, 2.75) is 5.60 Å². The molecule has 0 radical (unpaired) electrons. The summed E-state index contributed by atoms with van der Waals surface area (Å²) < 4.78 is 18.3. The predicted molar refractivity (Wildman–Crippen MR) is 118 cm³/mol. The van der Waals surface area contributed by atoms with Crippen LogP contribution in [0.25, 0.3) is 16.7 Å². The van der Waals surface area contributed by atoms with E-state index in [1.54, 1.807) is 0 Å². The summed E-state index contributed by atoms with van der Waals surface area (Å²) in [5, 5.41) is 0.858. The molecule has 0 fully saturated rings. The van der Waals surface area contributed by atoms with Gasteiger partial charge < -0.3 is 18.8 Å². The number of rotatable bonds is 2. The van der Waals surface area contributed by atoms with Crippen molar-refractivity contribution in [2.75, 3.05) is 19.0 Å². The maximum atomic E-state index is 12.9. The molecular formula is C26H19NO4. The van der Waals surface area contributed by atoms with E-state index in [0.29, 0.717) is 17.1 Å². The number of furan rings is 1. The van der Waals surface area contributed by atoms with Crippen molar-refractivity contribution in [3.8, 4) is 5.75 Å². The number of hydrogen-bond donors (Lipinski definition) is 0. The van der Waals surface area contributed by atoms with Gasteiger partial charge in [-0.1, -0.05) is 48.5 Å². The zero-order valence-electron chi connectivity index (χ0n) is 17.1. The largest absolute Gasteiger partial charge is 0.456 e. The number of nitrogens with zero attached hydrogens (tertiary/aromatic N) is 1. The topological polar surface area (TPSA) is 51.9 Å². The van der Waals surface area contributed by atoms with E-state index in [4.69, 9.17) is 13.9 Å². The third-order valence-corrected chi connectivity index (χ3v) is 5.90. The molecule has 2 aliphatic heterocycles. The summed E-state index contributed by atoms with van der Waals surface area (Å²) in [5.41, 5.74) is 2.93. The van der Waals surface area contributed by atoms with Crippen LogP contribution in [0.15, 0.2) is 83.3 Å². The van der Waals surface area contributed by atoms with E-state index in [9.17, 15) is 4.79 Å². The van der Waals surface area contributed by atoms with Gasteiger partial charge >= 0.3 is 5.97 Å². The first-order chi connectivity index (χ1) is 15.1. The predicted octanol–water partition coefficient (Wildman–Crippen LogP) is 5.35. The molecule has 1 spiro atoms. The molecule has 152 valence electrons. The third kappa shape index (κ3) is 2.46. The molecule has 2 aliphatic rings. The number of para-hydroxylation sites is 1. The van der Waals surface area contributed by atoms with Gasteiger partial charge in [0.15, 0.2) is 5.60 Å². The van der Waals surface area contributed by atoms with Crippen molar-refractivity contribution in [3.05, 3.63) is 101 Å². The highest BCUT2D eigenvalue weighted by Crippen LogP contribution is 2.54. The second kappa shape index (κ2) is 6.25. The number of hydrogen-bond acceptors (Lipinski definition) is 5. The van der Waals surface area contributed by atoms with Gasteiger partial charge in [-0.15, -0.1) is 0 Å². The van der Waals surface area contributed by atoms with Gasteiger partial charge in [0, 0.05) is 48.4 Å². The summed E-state index contributed by atoms with van der Waals surface area (Å²) in [6, 6.07) is 23.4. The summed E-state index contributed by atoms with van der Waals surface area (Å²) in [5.74, 6) is 1.06. The number of anilines is 1. The molecule has 1 unspecified atom stereocenters. The number of ether oxygens (including phenoxy) is 2. The van der Waals surface area contributed by atoms with Gasteiger partial charge in [-0.2, -0.15) is 0 Å². The molecule has 3 heterocycles. The van der Waals surface area contributed by atoms with Crippen molar-refractivity contribution >= 4 is 28.4 Å². The molecule has 0 bridgehead atoms. The Morgan fingerprint density at radius 3 is 2.48 bits per heavy atom. The highest BCUT2D eigenvalue weighted by molar-refractivity contribution is 6.02. The van der Waals surface area contributed by atoms with Crippen molar-refractivity contribution in [3.63, 3.8) is 0 Å². The third-order valence-electron chi connectivity index (χ3n) is 5.90. The molecule has 4 aromatic rings. The highest BCUT2D eigenvalue weighted by Gasteiger charge is 2.53. The molecule has 1 atom stereocenters. The van der Waals surface area contributed by atoms with Crippen LogP contribution < -0.4 is 9.64 Å². The van der Waals surface area contributed by atoms with Crippen LogP contribution in [0.5, 0.6) is 5.75 Å². The van der Waals surface area contributed by atoms with E-state index < -0.39 is 11.6 Å². The average Bonchev–Trinajstić information content (AvgIpc) is 3.30. The molecule has 0 N–H and O–H groups in total. The highest BCUT2D eigenvalue weighted by atomic mass is 16.6. The summed E-state index contributed by atoms with van der Waals surface area (Å²) in [6.45, 7) is 0. The van der Waals surface area contributed by atoms with Crippen molar-refractivity contribution in [1.29, 1.82) is 0 Å². The van der Waals surface area contributed by atoms with Crippen LogP contribution in [-0.4, -0.2) is 20.1 Å². The minimum Gasteiger partial charge on any atom is -0.456 e. The number of carbonyl (C=O) groups excluding carboxylic acids is 1. The molecule has 0 aliphatic carbocycles. The van der Waals surface area contributed by atoms with Gasteiger partial charge in [0.25, 0.3) is 0 Å². The standard InChI is InChI=1S/C26H19NO4/c1-27(2)17-12-13-19-21(14-17)29-22(16-8-4-3-5-9-16)15-26(19)23-18-10-6-7-11-20(18)30-24(23)25(28)31-26/h3-15H,1-2H3. The molecule has 31 heavy (non-hydrogen) atoms. The van der Waals surface area contributed by atoms with Crippen LogP contribution in [0.1, 0.15) is 27.2 Å². The minimum atomic E-state index is -1.12. The van der Waals surface area contributed by atoms with Crippen molar-refractivity contribution in [1.82, 2.24) is 0 Å². The lowest BCUT2D eigenvalue weighted by atomic mass is 9.82. The van der Waals surface area contributed by atoms with Crippen LogP contribution in [0.4, 0.5) is 5.69 Å². The Morgan fingerprint density at radius 2 is 1.68 bits per heavy atom. The van der Waals surface area contributed by atoms with E-state index in [-0.39, 0.29) is 5.76 Å².